The number of unbranched alkanes of at least 4 members (excludes halogenated alkanes) is 1. The Hall–Kier alpha value is -0.820. The van der Waals surface area contributed by atoms with E-state index in [4.69, 9.17) is 4.74 Å². The van der Waals surface area contributed by atoms with E-state index < -0.39 is 0 Å². The zero-order chi connectivity index (χ0) is 15.5. The Morgan fingerprint density at radius 1 is 1.18 bits per heavy atom. The van der Waals surface area contributed by atoms with Crippen LogP contribution in [0.2, 0.25) is 0 Å². The maximum Gasteiger partial charge on any atom is 0.191 e. The number of guanidine groups is 1. The number of halogens is 1. The highest BCUT2D eigenvalue weighted by Crippen LogP contribution is 2.09. The molecular formula is C17H30IN3O. The molecule has 0 aliphatic carbocycles. The van der Waals surface area contributed by atoms with Crippen LogP contribution in [0, 0.1) is 13.8 Å². The van der Waals surface area contributed by atoms with Crippen molar-refractivity contribution in [2.24, 2.45) is 4.99 Å². The van der Waals surface area contributed by atoms with E-state index in [-0.39, 0.29) is 24.0 Å². The maximum atomic E-state index is 5.52. The maximum absolute atomic E-state index is 5.52. The molecule has 0 amide bonds. The Morgan fingerprint density at radius 2 is 1.95 bits per heavy atom. The van der Waals surface area contributed by atoms with Crippen LogP contribution < -0.4 is 10.6 Å². The highest BCUT2D eigenvalue weighted by atomic mass is 127. The average Bonchev–Trinajstić information content (AvgIpc) is 2.47. The number of nitrogens with zero attached hydrogens (tertiary/aromatic N) is 1. The third-order valence-corrected chi connectivity index (χ3v) is 3.35. The molecule has 0 aliphatic rings. The number of rotatable bonds is 8. The molecule has 1 rings (SSSR count). The SMILES string of the molecule is CCCCOCCNC(=NC)NCc1ccc(C)cc1C.I. The van der Waals surface area contributed by atoms with Crippen molar-refractivity contribution < 1.29 is 4.74 Å². The first-order valence-electron chi connectivity index (χ1n) is 7.75. The summed E-state index contributed by atoms with van der Waals surface area (Å²) in [7, 11) is 1.79. The Kier molecular flexibility index (Phi) is 12.2. The predicted molar refractivity (Wildman–Crippen MR) is 105 cm³/mol. The highest BCUT2D eigenvalue weighted by molar-refractivity contribution is 14.0. The smallest absolute Gasteiger partial charge is 0.191 e. The second-order valence-corrected chi connectivity index (χ2v) is 5.25. The van der Waals surface area contributed by atoms with Gasteiger partial charge in [-0.2, -0.15) is 0 Å². The standard InChI is InChI=1S/C17H29N3O.HI/c1-5-6-10-21-11-9-19-17(18-4)20-13-16-8-7-14(2)12-15(16)3;/h7-8,12H,5-6,9-11,13H2,1-4H3,(H2,18,19,20);1H. The van der Waals surface area contributed by atoms with Crippen LogP contribution >= 0.6 is 24.0 Å². The molecule has 0 saturated heterocycles. The summed E-state index contributed by atoms with van der Waals surface area (Å²) in [6.07, 6.45) is 2.30. The number of nitrogens with one attached hydrogen (secondary N) is 2. The van der Waals surface area contributed by atoms with Crippen LogP contribution in [0.1, 0.15) is 36.5 Å². The monoisotopic (exact) mass is 419 g/mol. The van der Waals surface area contributed by atoms with Gasteiger partial charge >= 0.3 is 0 Å². The summed E-state index contributed by atoms with van der Waals surface area (Å²) in [5.74, 6) is 0.814. The van der Waals surface area contributed by atoms with Gasteiger partial charge in [0.25, 0.3) is 0 Å². The van der Waals surface area contributed by atoms with E-state index in [1.54, 1.807) is 7.05 Å². The summed E-state index contributed by atoms with van der Waals surface area (Å²) in [6, 6.07) is 6.51. The van der Waals surface area contributed by atoms with E-state index in [0.29, 0.717) is 6.61 Å². The van der Waals surface area contributed by atoms with Gasteiger partial charge in [-0.25, -0.2) is 0 Å². The lowest BCUT2D eigenvalue weighted by Crippen LogP contribution is -2.38. The summed E-state index contributed by atoms with van der Waals surface area (Å²) >= 11 is 0. The van der Waals surface area contributed by atoms with Crippen LogP contribution in [-0.4, -0.2) is 32.8 Å². The first kappa shape index (κ1) is 21.2. The fourth-order valence-electron chi connectivity index (χ4n) is 2.03. The van der Waals surface area contributed by atoms with Gasteiger partial charge in [0, 0.05) is 26.7 Å². The van der Waals surface area contributed by atoms with Gasteiger partial charge in [-0.15, -0.1) is 24.0 Å². The van der Waals surface area contributed by atoms with Crippen molar-refractivity contribution in [2.45, 2.75) is 40.2 Å². The normalized spacial score (nSPS) is 11.0. The molecule has 126 valence electrons. The molecule has 0 bridgehead atoms. The minimum atomic E-state index is 0. The highest BCUT2D eigenvalue weighted by Gasteiger charge is 2.01. The number of hydrogen-bond acceptors (Lipinski definition) is 2. The molecule has 0 aromatic heterocycles. The van der Waals surface area contributed by atoms with Gasteiger partial charge in [0.1, 0.15) is 0 Å². The van der Waals surface area contributed by atoms with E-state index in [1.807, 2.05) is 0 Å². The van der Waals surface area contributed by atoms with Crippen LogP contribution in [-0.2, 0) is 11.3 Å². The van der Waals surface area contributed by atoms with Crippen molar-refractivity contribution in [3.63, 3.8) is 0 Å². The fourth-order valence-corrected chi connectivity index (χ4v) is 2.03. The topological polar surface area (TPSA) is 45.6 Å². The zero-order valence-corrected chi connectivity index (χ0v) is 16.6. The van der Waals surface area contributed by atoms with E-state index in [1.165, 1.54) is 23.1 Å². The second kappa shape index (κ2) is 12.7. The van der Waals surface area contributed by atoms with Gasteiger partial charge in [0.05, 0.1) is 6.61 Å². The summed E-state index contributed by atoms with van der Waals surface area (Å²) in [4.78, 5) is 4.22. The van der Waals surface area contributed by atoms with Gasteiger partial charge in [-0.05, 0) is 31.4 Å². The minimum Gasteiger partial charge on any atom is -0.380 e. The van der Waals surface area contributed by atoms with Gasteiger partial charge in [-0.3, -0.25) is 4.99 Å². The number of hydrogen-bond donors (Lipinski definition) is 2. The zero-order valence-electron chi connectivity index (χ0n) is 14.2. The Bertz CT molecular complexity index is 450. The lowest BCUT2D eigenvalue weighted by atomic mass is 10.1. The molecule has 22 heavy (non-hydrogen) atoms. The molecule has 0 unspecified atom stereocenters. The third-order valence-electron chi connectivity index (χ3n) is 3.35. The van der Waals surface area contributed by atoms with E-state index >= 15 is 0 Å². The van der Waals surface area contributed by atoms with Crippen LogP contribution in [0.25, 0.3) is 0 Å². The van der Waals surface area contributed by atoms with Gasteiger partial charge in [0.15, 0.2) is 5.96 Å². The average molecular weight is 419 g/mol. The first-order chi connectivity index (χ1) is 10.2. The molecule has 4 nitrogen and oxygen atoms in total. The molecule has 1 aromatic rings. The lowest BCUT2D eigenvalue weighted by Gasteiger charge is -2.13. The Morgan fingerprint density at radius 3 is 2.59 bits per heavy atom. The molecule has 0 heterocycles. The predicted octanol–water partition coefficient (Wildman–Crippen LogP) is 3.40. The molecule has 0 fully saturated rings. The van der Waals surface area contributed by atoms with Gasteiger partial charge < -0.3 is 15.4 Å². The summed E-state index contributed by atoms with van der Waals surface area (Å²) in [5.41, 5.74) is 3.89. The van der Waals surface area contributed by atoms with Crippen molar-refractivity contribution in [3.05, 3.63) is 34.9 Å². The molecule has 5 heteroatoms. The second-order valence-electron chi connectivity index (χ2n) is 5.25. The van der Waals surface area contributed by atoms with Crippen molar-refractivity contribution in [1.82, 2.24) is 10.6 Å². The van der Waals surface area contributed by atoms with E-state index in [9.17, 15) is 0 Å². The number of aryl methyl sites for hydroxylation is 2. The van der Waals surface area contributed by atoms with Crippen LogP contribution in [0.5, 0.6) is 0 Å². The number of ether oxygens (including phenoxy) is 1. The number of benzene rings is 1. The molecule has 0 radical (unpaired) electrons. The summed E-state index contributed by atoms with van der Waals surface area (Å²) in [6.45, 7) is 9.53. The molecule has 0 saturated carbocycles. The minimum absolute atomic E-state index is 0. The van der Waals surface area contributed by atoms with Crippen LogP contribution in [0.4, 0.5) is 0 Å². The Balaban J connectivity index is 0.00000441. The molecular weight excluding hydrogens is 389 g/mol. The van der Waals surface area contributed by atoms with Crippen LogP contribution in [0.15, 0.2) is 23.2 Å². The molecule has 0 atom stereocenters. The summed E-state index contributed by atoms with van der Waals surface area (Å²) in [5, 5.41) is 6.59. The van der Waals surface area contributed by atoms with Crippen molar-refractivity contribution in [1.29, 1.82) is 0 Å². The number of aliphatic imine (C=N–C) groups is 1. The first-order valence-corrected chi connectivity index (χ1v) is 7.75. The quantitative estimate of drug-likeness (QED) is 0.294. The van der Waals surface area contributed by atoms with Gasteiger partial charge in [0.2, 0.25) is 0 Å². The van der Waals surface area contributed by atoms with E-state index in [2.05, 4.69) is 54.6 Å². The van der Waals surface area contributed by atoms with Crippen molar-refractivity contribution in [3.8, 4) is 0 Å². The largest absolute Gasteiger partial charge is 0.380 e. The van der Waals surface area contributed by atoms with E-state index in [0.717, 1.165) is 32.1 Å². The summed E-state index contributed by atoms with van der Waals surface area (Å²) < 4.78 is 5.52. The molecule has 2 N–H and O–H groups in total. The molecule has 0 spiro atoms. The lowest BCUT2D eigenvalue weighted by molar-refractivity contribution is 0.136. The van der Waals surface area contributed by atoms with Crippen molar-refractivity contribution >= 4 is 29.9 Å². The van der Waals surface area contributed by atoms with Gasteiger partial charge in [-0.1, -0.05) is 37.1 Å². The van der Waals surface area contributed by atoms with Crippen LogP contribution in [0.3, 0.4) is 0 Å². The third kappa shape index (κ3) is 8.58. The Labute approximate surface area is 152 Å². The molecule has 0 aliphatic heterocycles. The molecule has 1 aromatic carbocycles. The van der Waals surface area contributed by atoms with Crippen molar-refractivity contribution in [2.75, 3.05) is 26.8 Å². The fraction of sp³-hybridized carbons (Fsp3) is 0.588.